The Morgan fingerprint density at radius 2 is 1.82 bits per heavy atom. The summed E-state index contributed by atoms with van der Waals surface area (Å²) in [4.78, 5) is 30.4. The van der Waals surface area contributed by atoms with E-state index in [1.807, 2.05) is 16.7 Å². The number of nitrogens with one attached hydrogen (secondary N) is 1. The molecule has 5 heteroatoms. The van der Waals surface area contributed by atoms with Crippen LogP contribution >= 0.6 is 0 Å². The molecule has 0 spiro atoms. The first-order chi connectivity index (χ1) is 16.1. The van der Waals surface area contributed by atoms with Crippen molar-refractivity contribution >= 4 is 16.9 Å². The number of carbonyl (C=O) groups excluding carboxylic acids is 1. The summed E-state index contributed by atoms with van der Waals surface area (Å²) < 4.78 is 1.85. The fourth-order valence-electron chi connectivity index (χ4n) is 4.55. The molecule has 2 aliphatic rings. The average Bonchev–Trinajstić information content (AvgIpc) is 3.75. The Morgan fingerprint density at radius 1 is 1.00 bits per heavy atom. The zero-order chi connectivity index (χ0) is 22.5. The Hall–Kier alpha value is -3.73. The van der Waals surface area contributed by atoms with Crippen molar-refractivity contribution in [2.45, 2.75) is 44.6 Å². The number of hydrogen-bond acceptors (Lipinski definition) is 3. The molecular formula is C28H25N3O2. The predicted molar refractivity (Wildman–Crippen MR) is 130 cm³/mol. The van der Waals surface area contributed by atoms with E-state index in [1.165, 1.54) is 24.0 Å². The predicted octanol–water partition coefficient (Wildman–Crippen LogP) is 5.13. The van der Waals surface area contributed by atoms with Crippen LogP contribution in [0.2, 0.25) is 0 Å². The number of benzene rings is 2. The number of nitrogens with zero attached hydrogens (tertiary/aromatic N) is 2. The standard InChI is InChI=1S/C28H25N3O2/c1-17-14-20(9-12-23(17)18-7-8-18)19-4-2-5-22(15-19)31-16-25(28(33)30-21-10-11-21)26(32)24-6-3-13-29-27(24)31/h2-6,9,12-16,18,21H,7-8,10-11H2,1H3,(H,30,33). The average molecular weight is 436 g/mol. The van der Waals surface area contributed by atoms with Gasteiger partial charge in [-0.15, -0.1) is 0 Å². The van der Waals surface area contributed by atoms with Crippen molar-refractivity contribution in [3.8, 4) is 16.8 Å². The van der Waals surface area contributed by atoms with E-state index >= 15 is 0 Å². The summed E-state index contributed by atoms with van der Waals surface area (Å²) in [5.41, 5.74) is 6.30. The molecule has 2 aromatic carbocycles. The van der Waals surface area contributed by atoms with E-state index in [0.717, 1.165) is 35.6 Å². The van der Waals surface area contributed by atoms with Crippen LogP contribution in [0.3, 0.4) is 0 Å². The minimum Gasteiger partial charge on any atom is -0.349 e. The third-order valence-electron chi connectivity index (χ3n) is 6.66. The van der Waals surface area contributed by atoms with E-state index in [4.69, 9.17) is 0 Å². The highest BCUT2D eigenvalue weighted by Crippen LogP contribution is 2.42. The molecule has 2 fully saturated rings. The van der Waals surface area contributed by atoms with E-state index in [2.05, 4.69) is 47.6 Å². The van der Waals surface area contributed by atoms with E-state index in [0.29, 0.717) is 11.0 Å². The molecule has 2 heterocycles. The molecule has 5 nitrogen and oxygen atoms in total. The second-order valence-corrected chi connectivity index (χ2v) is 9.26. The number of rotatable bonds is 5. The molecule has 164 valence electrons. The van der Waals surface area contributed by atoms with Gasteiger partial charge in [0.1, 0.15) is 11.2 Å². The van der Waals surface area contributed by atoms with Gasteiger partial charge in [-0.2, -0.15) is 0 Å². The van der Waals surface area contributed by atoms with Crippen LogP contribution in [0.15, 0.2) is 71.8 Å². The monoisotopic (exact) mass is 435 g/mol. The number of hydrogen-bond donors (Lipinski definition) is 1. The van der Waals surface area contributed by atoms with Crippen LogP contribution in [0.1, 0.15) is 53.1 Å². The van der Waals surface area contributed by atoms with Gasteiger partial charge in [0.15, 0.2) is 0 Å². The molecule has 0 atom stereocenters. The first-order valence-corrected chi connectivity index (χ1v) is 11.6. The van der Waals surface area contributed by atoms with Crippen LogP contribution in [-0.2, 0) is 0 Å². The quantitative estimate of drug-likeness (QED) is 0.473. The van der Waals surface area contributed by atoms with Crippen molar-refractivity contribution in [3.05, 3.63) is 93.9 Å². The number of fused-ring (bicyclic) bond motifs is 1. The first kappa shape index (κ1) is 19.9. The van der Waals surface area contributed by atoms with Gasteiger partial charge in [0.2, 0.25) is 5.43 Å². The van der Waals surface area contributed by atoms with Crippen molar-refractivity contribution in [1.29, 1.82) is 0 Å². The molecular weight excluding hydrogens is 410 g/mol. The van der Waals surface area contributed by atoms with E-state index in [-0.39, 0.29) is 22.9 Å². The molecule has 6 rings (SSSR count). The van der Waals surface area contributed by atoms with E-state index < -0.39 is 0 Å². The molecule has 2 aromatic heterocycles. The third-order valence-corrected chi connectivity index (χ3v) is 6.66. The van der Waals surface area contributed by atoms with Crippen molar-refractivity contribution in [2.24, 2.45) is 0 Å². The fourth-order valence-corrected chi connectivity index (χ4v) is 4.55. The molecule has 1 amide bonds. The Morgan fingerprint density at radius 3 is 2.58 bits per heavy atom. The summed E-state index contributed by atoms with van der Waals surface area (Å²) in [6.45, 7) is 2.19. The van der Waals surface area contributed by atoms with Crippen LogP contribution < -0.4 is 10.7 Å². The second kappa shape index (κ2) is 7.69. The van der Waals surface area contributed by atoms with E-state index in [9.17, 15) is 9.59 Å². The zero-order valence-corrected chi connectivity index (χ0v) is 18.5. The van der Waals surface area contributed by atoms with E-state index in [1.54, 1.807) is 24.5 Å². The smallest absolute Gasteiger partial charge is 0.257 e. The Balaban J connectivity index is 1.46. The van der Waals surface area contributed by atoms with Gasteiger partial charge in [-0.3, -0.25) is 9.59 Å². The number of carbonyl (C=O) groups is 1. The lowest BCUT2D eigenvalue weighted by Crippen LogP contribution is -2.31. The second-order valence-electron chi connectivity index (χ2n) is 9.26. The molecule has 2 aliphatic carbocycles. The highest BCUT2D eigenvalue weighted by Gasteiger charge is 2.26. The van der Waals surface area contributed by atoms with Crippen LogP contribution in [0.25, 0.3) is 27.8 Å². The topological polar surface area (TPSA) is 64.0 Å². The van der Waals surface area contributed by atoms with Gasteiger partial charge in [0, 0.05) is 24.1 Å². The summed E-state index contributed by atoms with van der Waals surface area (Å²) in [5.74, 6) is 0.411. The van der Waals surface area contributed by atoms with Crippen molar-refractivity contribution in [3.63, 3.8) is 0 Å². The summed E-state index contributed by atoms with van der Waals surface area (Å²) in [6, 6.07) is 18.5. The van der Waals surface area contributed by atoms with Crippen molar-refractivity contribution < 1.29 is 4.79 Å². The molecule has 33 heavy (non-hydrogen) atoms. The maximum Gasteiger partial charge on any atom is 0.257 e. The molecule has 0 unspecified atom stereocenters. The third kappa shape index (κ3) is 3.74. The van der Waals surface area contributed by atoms with Crippen LogP contribution in [0.5, 0.6) is 0 Å². The lowest BCUT2D eigenvalue weighted by atomic mass is 9.97. The van der Waals surface area contributed by atoms with Crippen molar-refractivity contribution in [1.82, 2.24) is 14.9 Å². The number of amides is 1. The Labute approximate surface area is 192 Å². The minimum absolute atomic E-state index is 0.150. The SMILES string of the molecule is Cc1cc(-c2cccc(-n3cc(C(=O)NC4CC4)c(=O)c4cccnc43)c2)ccc1C1CC1. The fraction of sp³-hybridized carbons (Fsp3) is 0.250. The van der Waals surface area contributed by atoms with Crippen LogP contribution in [-0.4, -0.2) is 21.5 Å². The summed E-state index contributed by atoms with van der Waals surface area (Å²) >= 11 is 0. The van der Waals surface area contributed by atoms with Gasteiger partial charge >= 0.3 is 0 Å². The highest BCUT2D eigenvalue weighted by molar-refractivity contribution is 5.97. The van der Waals surface area contributed by atoms with Crippen LogP contribution in [0.4, 0.5) is 0 Å². The Kier molecular flexibility index (Phi) is 4.64. The number of pyridine rings is 2. The summed E-state index contributed by atoms with van der Waals surface area (Å²) in [5, 5.41) is 3.39. The lowest BCUT2D eigenvalue weighted by Gasteiger charge is -2.14. The molecule has 0 radical (unpaired) electrons. The normalized spacial score (nSPS) is 15.5. The molecule has 0 saturated heterocycles. The Bertz CT molecular complexity index is 1460. The van der Waals surface area contributed by atoms with Gasteiger partial charge in [0.05, 0.1) is 5.39 Å². The molecule has 4 aromatic rings. The number of aromatic nitrogens is 2. The van der Waals surface area contributed by atoms with Crippen molar-refractivity contribution in [2.75, 3.05) is 0 Å². The first-order valence-electron chi connectivity index (χ1n) is 11.6. The number of aryl methyl sites for hydroxylation is 1. The maximum absolute atomic E-state index is 13.1. The summed E-state index contributed by atoms with van der Waals surface area (Å²) in [6.07, 6.45) is 7.83. The highest BCUT2D eigenvalue weighted by atomic mass is 16.2. The molecule has 0 aliphatic heterocycles. The molecule has 0 bridgehead atoms. The summed E-state index contributed by atoms with van der Waals surface area (Å²) in [7, 11) is 0. The molecule has 1 N–H and O–H groups in total. The van der Waals surface area contributed by atoms with Gasteiger partial charge in [-0.1, -0.05) is 30.3 Å². The van der Waals surface area contributed by atoms with Gasteiger partial charge < -0.3 is 9.88 Å². The zero-order valence-electron chi connectivity index (χ0n) is 18.5. The molecule has 2 saturated carbocycles. The largest absolute Gasteiger partial charge is 0.349 e. The van der Waals surface area contributed by atoms with Gasteiger partial charge in [0.25, 0.3) is 5.91 Å². The van der Waals surface area contributed by atoms with Gasteiger partial charge in [-0.05, 0) is 85.0 Å². The maximum atomic E-state index is 13.1. The van der Waals surface area contributed by atoms with Gasteiger partial charge in [-0.25, -0.2) is 4.98 Å². The van der Waals surface area contributed by atoms with Crippen LogP contribution in [0, 0.1) is 6.92 Å². The minimum atomic E-state index is -0.315. The lowest BCUT2D eigenvalue weighted by molar-refractivity contribution is 0.0949.